The van der Waals surface area contributed by atoms with Gasteiger partial charge in [0.2, 0.25) is 0 Å². The van der Waals surface area contributed by atoms with Crippen LogP contribution in [0.1, 0.15) is 29.8 Å². The fourth-order valence-corrected chi connectivity index (χ4v) is 4.44. The molecule has 3 aromatic carbocycles. The number of hydrogen-bond acceptors (Lipinski definition) is 5. The van der Waals surface area contributed by atoms with E-state index in [-0.39, 0.29) is 23.3 Å². The Bertz CT molecular complexity index is 1400. The van der Waals surface area contributed by atoms with Gasteiger partial charge in [0.15, 0.2) is 5.16 Å². The Kier molecular flexibility index (Phi) is 6.98. The van der Waals surface area contributed by atoms with Gasteiger partial charge in [0.1, 0.15) is 11.6 Å². The quantitative estimate of drug-likeness (QED) is 0.301. The van der Waals surface area contributed by atoms with Crippen molar-refractivity contribution in [3.05, 3.63) is 94.0 Å². The van der Waals surface area contributed by atoms with Crippen LogP contribution in [0, 0.1) is 5.82 Å². The average molecular weight is 478 g/mol. The van der Waals surface area contributed by atoms with Crippen molar-refractivity contribution in [2.75, 3.05) is 7.11 Å². The summed E-state index contributed by atoms with van der Waals surface area (Å²) in [5, 5.41) is 3.68. The molecule has 4 rings (SSSR count). The van der Waals surface area contributed by atoms with Gasteiger partial charge >= 0.3 is 0 Å². The fraction of sp³-hybridized carbons (Fsp3) is 0.192. The van der Waals surface area contributed by atoms with Gasteiger partial charge in [-0.15, -0.1) is 0 Å². The predicted molar refractivity (Wildman–Crippen MR) is 132 cm³/mol. The predicted octanol–water partition coefficient (Wildman–Crippen LogP) is 4.96. The molecular formula is C26H24FN3O3S. The van der Waals surface area contributed by atoms with Gasteiger partial charge in [0, 0.05) is 17.4 Å². The van der Waals surface area contributed by atoms with Crippen molar-refractivity contribution < 1.29 is 13.9 Å². The van der Waals surface area contributed by atoms with Gasteiger partial charge in [-0.25, -0.2) is 9.37 Å². The number of carbonyl (C=O) groups excluding carboxylic acids is 1. The van der Waals surface area contributed by atoms with Crippen molar-refractivity contribution >= 4 is 28.6 Å². The molecular weight excluding hydrogens is 453 g/mol. The maximum Gasteiger partial charge on any atom is 0.266 e. The van der Waals surface area contributed by atoms with E-state index in [1.54, 1.807) is 55.6 Å². The van der Waals surface area contributed by atoms with E-state index in [4.69, 9.17) is 9.72 Å². The van der Waals surface area contributed by atoms with E-state index in [0.717, 1.165) is 5.56 Å². The lowest BCUT2D eigenvalue weighted by atomic mass is 10.1. The minimum atomic E-state index is -0.321. The van der Waals surface area contributed by atoms with E-state index in [0.29, 0.717) is 38.8 Å². The summed E-state index contributed by atoms with van der Waals surface area (Å²) < 4.78 is 20.4. The van der Waals surface area contributed by atoms with Crippen molar-refractivity contribution in [1.82, 2.24) is 14.9 Å². The van der Waals surface area contributed by atoms with Crippen LogP contribution in [0.15, 0.2) is 76.7 Å². The second kappa shape index (κ2) is 10.1. The van der Waals surface area contributed by atoms with Crippen LogP contribution in [-0.4, -0.2) is 28.6 Å². The molecule has 0 aliphatic rings. The van der Waals surface area contributed by atoms with E-state index in [9.17, 15) is 14.0 Å². The van der Waals surface area contributed by atoms with Crippen LogP contribution < -0.4 is 15.6 Å². The number of carbonyl (C=O) groups is 1. The number of hydrogen-bond donors (Lipinski definition) is 1. The molecule has 1 amide bonds. The van der Waals surface area contributed by atoms with Crippen molar-refractivity contribution in [3.8, 4) is 11.4 Å². The van der Waals surface area contributed by atoms with Crippen LogP contribution in [0.4, 0.5) is 4.39 Å². The largest absolute Gasteiger partial charge is 0.497 e. The normalized spacial score (nSPS) is 11.1. The molecule has 174 valence electrons. The second-order valence-corrected chi connectivity index (χ2v) is 8.95. The van der Waals surface area contributed by atoms with Crippen molar-refractivity contribution in [2.45, 2.75) is 30.8 Å². The first-order chi connectivity index (χ1) is 16.4. The Morgan fingerprint density at radius 1 is 1.12 bits per heavy atom. The lowest BCUT2D eigenvalue weighted by molar-refractivity contribution is 0.0943. The number of fused-ring (bicyclic) bond motifs is 1. The third-order valence-electron chi connectivity index (χ3n) is 5.11. The Morgan fingerprint density at radius 3 is 2.56 bits per heavy atom. The third kappa shape index (κ3) is 5.12. The molecule has 0 aliphatic heterocycles. The topological polar surface area (TPSA) is 73.2 Å². The van der Waals surface area contributed by atoms with Crippen LogP contribution in [0.5, 0.6) is 5.75 Å². The molecule has 8 heteroatoms. The zero-order valence-corrected chi connectivity index (χ0v) is 19.9. The van der Waals surface area contributed by atoms with Crippen LogP contribution in [0.25, 0.3) is 16.6 Å². The van der Waals surface area contributed by atoms with Gasteiger partial charge in [0.25, 0.3) is 11.5 Å². The molecule has 1 N–H and O–H groups in total. The number of rotatable bonds is 7. The van der Waals surface area contributed by atoms with Crippen molar-refractivity contribution in [1.29, 1.82) is 0 Å². The monoisotopic (exact) mass is 477 g/mol. The van der Waals surface area contributed by atoms with E-state index in [2.05, 4.69) is 5.32 Å². The Hall–Kier alpha value is -3.65. The van der Waals surface area contributed by atoms with Crippen LogP contribution >= 0.6 is 11.8 Å². The summed E-state index contributed by atoms with van der Waals surface area (Å²) in [7, 11) is 1.58. The molecule has 0 saturated carbocycles. The highest BCUT2D eigenvalue weighted by atomic mass is 32.2. The summed E-state index contributed by atoms with van der Waals surface area (Å²) in [6.07, 6.45) is 0. The highest BCUT2D eigenvalue weighted by Crippen LogP contribution is 2.26. The van der Waals surface area contributed by atoms with Gasteiger partial charge in [-0.05, 0) is 74.0 Å². The lowest BCUT2D eigenvalue weighted by Gasteiger charge is -2.14. The molecule has 1 heterocycles. The SMILES string of the molecule is COc1ccc(-n2c(SCc3cccc(F)c3)nc3cc(C(=O)NC(C)C)ccc3c2=O)cc1. The first-order valence-corrected chi connectivity index (χ1v) is 11.7. The summed E-state index contributed by atoms with van der Waals surface area (Å²) in [6.45, 7) is 3.76. The molecule has 1 aromatic heterocycles. The molecule has 34 heavy (non-hydrogen) atoms. The minimum Gasteiger partial charge on any atom is -0.497 e. The number of ether oxygens (including phenoxy) is 1. The van der Waals surface area contributed by atoms with Crippen molar-refractivity contribution in [3.63, 3.8) is 0 Å². The Labute approximate surface area is 200 Å². The summed E-state index contributed by atoms with van der Waals surface area (Å²) in [4.78, 5) is 30.8. The molecule has 0 bridgehead atoms. The van der Waals surface area contributed by atoms with Gasteiger partial charge in [0.05, 0.1) is 23.7 Å². The van der Waals surface area contributed by atoms with E-state index in [1.807, 2.05) is 19.9 Å². The maximum absolute atomic E-state index is 13.7. The van der Waals surface area contributed by atoms with Gasteiger partial charge in [-0.2, -0.15) is 0 Å². The smallest absolute Gasteiger partial charge is 0.266 e. The highest BCUT2D eigenvalue weighted by molar-refractivity contribution is 7.98. The molecule has 0 spiro atoms. The molecule has 0 radical (unpaired) electrons. The Morgan fingerprint density at radius 2 is 1.88 bits per heavy atom. The molecule has 6 nitrogen and oxygen atoms in total. The standard InChI is InChI=1S/C26H24FN3O3S/c1-16(2)28-24(31)18-7-12-22-23(14-18)29-26(34-15-17-5-4-6-19(27)13-17)30(25(22)32)20-8-10-21(33-3)11-9-20/h4-14,16H,15H2,1-3H3,(H,28,31). The van der Waals surface area contributed by atoms with E-state index < -0.39 is 0 Å². The summed E-state index contributed by atoms with van der Waals surface area (Å²) in [6, 6.07) is 18.3. The van der Waals surface area contributed by atoms with E-state index >= 15 is 0 Å². The third-order valence-corrected chi connectivity index (χ3v) is 6.12. The number of nitrogens with one attached hydrogen (secondary N) is 1. The van der Waals surface area contributed by atoms with Crippen LogP contribution in [0.2, 0.25) is 0 Å². The molecule has 0 unspecified atom stereocenters. The number of thioether (sulfide) groups is 1. The zero-order chi connectivity index (χ0) is 24.2. The van der Waals surface area contributed by atoms with Gasteiger partial charge in [-0.1, -0.05) is 23.9 Å². The summed E-state index contributed by atoms with van der Waals surface area (Å²) >= 11 is 1.32. The molecule has 0 atom stereocenters. The average Bonchev–Trinajstić information content (AvgIpc) is 2.82. The minimum absolute atomic E-state index is 0.0170. The number of methoxy groups -OCH3 is 1. The van der Waals surface area contributed by atoms with Gasteiger partial charge < -0.3 is 10.1 Å². The number of aromatic nitrogens is 2. The van der Waals surface area contributed by atoms with Crippen LogP contribution in [0.3, 0.4) is 0 Å². The molecule has 4 aromatic rings. The van der Waals surface area contributed by atoms with Gasteiger partial charge in [-0.3, -0.25) is 14.2 Å². The van der Waals surface area contributed by atoms with Crippen molar-refractivity contribution in [2.24, 2.45) is 0 Å². The number of benzene rings is 3. The number of amides is 1. The summed E-state index contributed by atoms with van der Waals surface area (Å²) in [5.41, 5.74) is 1.99. The van der Waals surface area contributed by atoms with E-state index in [1.165, 1.54) is 28.5 Å². The van der Waals surface area contributed by atoms with Crippen LogP contribution in [-0.2, 0) is 5.75 Å². The fourth-order valence-electron chi connectivity index (χ4n) is 3.48. The first-order valence-electron chi connectivity index (χ1n) is 10.7. The number of nitrogens with zero attached hydrogens (tertiary/aromatic N) is 2. The zero-order valence-electron chi connectivity index (χ0n) is 19.0. The number of halogens is 1. The lowest BCUT2D eigenvalue weighted by Crippen LogP contribution is -2.30. The Balaban J connectivity index is 1.82. The summed E-state index contributed by atoms with van der Waals surface area (Å²) in [5.74, 6) is 0.532. The maximum atomic E-state index is 13.7. The highest BCUT2D eigenvalue weighted by Gasteiger charge is 2.16. The first kappa shape index (κ1) is 23.5. The molecule has 0 saturated heterocycles. The molecule has 0 fully saturated rings. The molecule has 0 aliphatic carbocycles. The second-order valence-electron chi connectivity index (χ2n) is 8.01.